The first-order chi connectivity index (χ1) is 13.4. The second-order valence-corrected chi connectivity index (χ2v) is 7.12. The van der Waals surface area contributed by atoms with E-state index in [1.54, 1.807) is 31.4 Å². The Morgan fingerprint density at radius 3 is 2.25 bits per heavy atom. The third kappa shape index (κ3) is 6.74. The van der Waals surface area contributed by atoms with Gasteiger partial charge in [-0.15, -0.1) is 11.8 Å². The maximum absolute atomic E-state index is 12.3. The first-order valence-electron chi connectivity index (χ1n) is 8.71. The zero-order valence-corrected chi connectivity index (χ0v) is 16.9. The minimum atomic E-state index is -0.900. The molecule has 0 radical (unpaired) electrons. The Bertz CT molecular complexity index is 818. The van der Waals surface area contributed by atoms with E-state index in [0.29, 0.717) is 17.0 Å². The number of hydrogen-bond donors (Lipinski definition) is 1. The molecule has 2 rings (SSSR count). The molecule has 148 valence electrons. The van der Waals surface area contributed by atoms with Crippen molar-refractivity contribution < 1.29 is 23.9 Å². The van der Waals surface area contributed by atoms with E-state index in [0.717, 1.165) is 17.3 Å². The summed E-state index contributed by atoms with van der Waals surface area (Å²) in [6.07, 6.45) is -0.900. The lowest BCUT2D eigenvalue weighted by Crippen LogP contribution is -2.25. The van der Waals surface area contributed by atoms with Crippen molar-refractivity contribution in [3.63, 3.8) is 0 Å². The molecule has 0 fully saturated rings. The highest BCUT2D eigenvalue weighted by molar-refractivity contribution is 8.00. The summed E-state index contributed by atoms with van der Waals surface area (Å²) in [6, 6.07) is 14.0. The van der Waals surface area contributed by atoms with E-state index in [-0.39, 0.29) is 23.2 Å². The van der Waals surface area contributed by atoms with Crippen molar-refractivity contribution in [2.75, 3.05) is 23.9 Å². The molecule has 0 aliphatic heterocycles. The number of ether oxygens (including phenoxy) is 2. The first kappa shape index (κ1) is 21.5. The van der Waals surface area contributed by atoms with Gasteiger partial charge in [0.05, 0.1) is 18.6 Å². The number of benzene rings is 2. The van der Waals surface area contributed by atoms with E-state index in [9.17, 15) is 14.4 Å². The molecule has 2 aromatic rings. The maximum Gasteiger partial charge on any atom is 0.316 e. The monoisotopic (exact) mass is 401 g/mol. The molecule has 0 aromatic heterocycles. The summed E-state index contributed by atoms with van der Waals surface area (Å²) in [5, 5.41) is 2.76. The third-order valence-corrected chi connectivity index (χ3v) is 4.75. The standard InChI is InChI=1S/C21H23NO5S/c1-14-4-8-17(9-5-14)22-19(23)12-28-13-20(24)27-15(2)21(25)16-6-10-18(26-3)11-7-16/h4-11,15H,12-13H2,1-3H3,(H,22,23)/t15-/m0/s1. The van der Waals surface area contributed by atoms with E-state index < -0.39 is 12.1 Å². The smallest absolute Gasteiger partial charge is 0.316 e. The third-order valence-electron chi connectivity index (χ3n) is 3.84. The summed E-state index contributed by atoms with van der Waals surface area (Å²) >= 11 is 1.13. The Balaban J connectivity index is 1.72. The second kappa shape index (κ2) is 10.5. The van der Waals surface area contributed by atoms with Gasteiger partial charge in [0.1, 0.15) is 5.75 Å². The molecule has 0 aliphatic rings. The number of rotatable bonds is 9. The zero-order valence-electron chi connectivity index (χ0n) is 16.1. The molecule has 0 unspecified atom stereocenters. The fraction of sp³-hybridized carbons (Fsp3) is 0.286. The molecule has 7 heteroatoms. The first-order valence-corrected chi connectivity index (χ1v) is 9.86. The van der Waals surface area contributed by atoms with Gasteiger partial charge in [-0.05, 0) is 50.2 Å². The van der Waals surface area contributed by atoms with Gasteiger partial charge in [-0.1, -0.05) is 17.7 Å². The van der Waals surface area contributed by atoms with Gasteiger partial charge in [0.2, 0.25) is 11.7 Å². The van der Waals surface area contributed by atoms with Crippen LogP contribution in [-0.4, -0.2) is 42.4 Å². The predicted molar refractivity (Wildman–Crippen MR) is 110 cm³/mol. The SMILES string of the molecule is COc1ccc(C(=O)[C@H](C)OC(=O)CSCC(=O)Nc2ccc(C)cc2)cc1. The van der Waals surface area contributed by atoms with Crippen LogP contribution in [0.3, 0.4) is 0 Å². The van der Waals surface area contributed by atoms with E-state index in [2.05, 4.69) is 5.32 Å². The molecule has 6 nitrogen and oxygen atoms in total. The van der Waals surface area contributed by atoms with E-state index in [4.69, 9.17) is 9.47 Å². The summed E-state index contributed by atoms with van der Waals surface area (Å²) in [5.41, 5.74) is 2.25. The van der Waals surface area contributed by atoms with Gasteiger partial charge in [-0.2, -0.15) is 0 Å². The molecule has 0 bridgehead atoms. The molecule has 0 heterocycles. The lowest BCUT2D eigenvalue weighted by molar-refractivity contribution is -0.143. The van der Waals surface area contributed by atoms with Crippen LogP contribution < -0.4 is 10.1 Å². The highest BCUT2D eigenvalue weighted by Crippen LogP contribution is 2.14. The van der Waals surface area contributed by atoms with E-state index >= 15 is 0 Å². The van der Waals surface area contributed by atoms with Crippen molar-refractivity contribution in [2.45, 2.75) is 20.0 Å². The van der Waals surface area contributed by atoms with Gasteiger partial charge >= 0.3 is 5.97 Å². The van der Waals surface area contributed by atoms with E-state index in [1.807, 2.05) is 31.2 Å². The summed E-state index contributed by atoms with van der Waals surface area (Å²) in [7, 11) is 1.54. The van der Waals surface area contributed by atoms with E-state index in [1.165, 1.54) is 6.92 Å². The highest BCUT2D eigenvalue weighted by atomic mass is 32.2. The number of carbonyl (C=O) groups excluding carboxylic acids is 3. The number of hydrogen-bond acceptors (Lipinski definition) is 6. The van der Waals surface area contributed by atoms with Gasteiger partial charge < -0.3 is 14.8 Å². The largest absolute Gasteiger partial charge is 0.497 e. The molecule has 2 aromatic carbocycles. The lowest BCUT2D eigenvalue weighted by Gasteiger charge is -2.12. The van der Waals surface area contributed by atoms with Crippen LogP contribution in [0.1, 0.15) is 22.8 Å². The molecular weight excluding hydrogens is 378 g/mol. The number of aryl methyl sites for hydroxylation is 1. The molecular formula is C21H23NO5S. The van der Waals surface area contributed by atoms with Crippen LogP contribution in [0.5, 0.6) is 5.75 Å². The number of esters is 1. The number of methoxy groups -OCH3 is 1. The highest BCUT2D eigenvalue weighted by Gasteiger charge is 2.19. The number of carbonyl (C=O) groups is 3. The zero-order chi connectivity index (χ0) is 20.5. The Kier molecular flexibility index (Phi) is 8.07. The van der Waals surface area contributed by atoms with Crippen LogP contribution in [0, 0.1) is 6.92 Å². The van der Waals surface area contributed by atoms with Crippen molar-refractivity contribution in [1.29, 1.82) is 0 Å². The van der Waals surface area contributed by atoms with Crippen LogP contribution in [0.4, 0.5) is 5.69 Å². The Morgan fingerprint density at radius 1 is 1.00 bits per heavy atom. The number of ketones is 1. The minimum absolute atomic E-state index is 0.0124. The number of thioether (sulfide) groups is 1. The van der Waals surface area contributed by atoms with Crippen molar-refractivity contribution in [1.82, 2.24) is 0 Å². The van der Waals surface area contributed by atoms with Gasteiger partial charge in [-0.3, -0.25) is 14.4 Å². The summed E-state index contributed by atoms with van der Waals surface area (Å²) in [6.45, 7) is 3.49. The van der Waals surface area contributed by atoms with Gasteiger partial charge in [0.15, 0.2) is 6.10 Å². The summed E-state index contributed by atoms with van der Waals surface area (Å²) in [5.74, 6) is -0.295. The van der Waals surface area contributed by atoms with Crippen LogP contribution >= 0.6 is 11.8 Å². The fourth-order valence-corrected chi connectivity index (χ4v) is 2.93. The number of amides is 1. The summed E-state index contributed by atoms with van der Waals surface area (Å²) < 4.78 is 10.2. The number of anilines is 1. The van der Waals surface area contributed by atoms with Gasteiger partial charge in [0.25, 0.3) is 0 Å². The molecule has 0 spiro atoms. The van der Waals surface area contributed by atoms with Crippen LogP contribution in [0.2, 0.25) is 0 Å². The Labute approximate surface area is 168 Å². The predicted octanol–water partition coefficient (Wildman–Crippen LogP) is 3.49. The molecule has 1 atom stereocenters. The normalized spacial score (nSPS) is 11.4. The van der Waals surface area contributed by atoms with Crippen LogP contribution in [0.15, 0.2) is 48.5 Å². The molecule has 1 amide bonds. The Morgan fingerprint density at radius 2 is 1.64 bits per heavy atom. The minimum Gasteiger partial charge on any atom is -0.497 e. The molecule has 0 saturated heterocycles. The molecule has 28 heavy (non-hydrogen) atoms. The molecule has 0 saturated carbocycles. The lowest BCUT2D eigenvalue weighted by atomic mass is 10.1. The van der Waals surface area contributed by atoms with Crippen molar-refractivity contribution in [3.8, 4) is 5.75 Å². The van der Waals surface area contributed by atoms with Gasteiger partial charge in [-0.25, -0.2) is 0 Å². The average Bonchev–Trinajstić information content (AvgIpc) is 2.69. The topological polar surface area (TPSA) is 81.7 Å². The number of Topliss-reactive ketones (excluding diaryl/α,β-unsaturated/α-hetero) is 1. The van der Waals surface area contributed by atoms with Gasteiger partial charge in [0, 0.05) is 11.3 Å². The van der Waals surface area contributed by atoms with Crippen molar-refractivity contribution in [2.24, 2.45) is 0 Å². The number of nitrogens with one attached hydrogen (secondary N) is 1. The molecule has 0 aliphatic carbocycles. The maximum atomic E-state index is 12.3. The van der Waals surface area contributed by atoms with Crippen molar-refractivity contribution in [3.05, 3.63) is 59.7 Å². The van der Waals surface area contributed by atoms with Crippen LogP contribution in [-0.2, 0) is 14.3 Å². The second-order valence-electron chi connectivity index (χ2n) is 6.13. The van der Waals surface area contributed by atoms with Crippen LogP contribution in [0.25, 0.3) is 0 Å². The summed E-state index contributed by atoms with van der Waals surface area (Å²) in [4.78, 5) is 36.1. The Hall–Kier alpha value is -2.80. The fourth-order valence-electron chi connectivity index (χ4n) is 2.34. The van der Waals surface area contributed by atoms with Crippen molar-refractivity contribution >= 4 is 35.1 Å². The molecule has 1 N–H and O–H groups in total. The quantitative estimate of drug-likeness (QED) is 0.512. The average molecular weight is 401 g/mol.